The van der Waals surface area contributed by atoms with Crippen LogP contribution in [0.25, 0.3) is 0 Å². The van der Waals surface area contributed by atoms with Gasteiger partial charge < -0.3 is 10.2 Å². The first-order chi connectivity index (χ1) is 10.2. The number of likely N-dealkylation sites (N-methyl/N-ethyl adjacent to an activating group) is 1. The zero-order chi connectivity index (χ0) is 15.1. The summed E-state index contributed by atoms with van der Waals surface area (Å²) >= 11 is 1.60. The maximum absolute atomic E-state index is 11.9. The molecule has 2 aromatic heterocycles. The molecule has 1 amide bonds. The van der Waals surface area contributed by atoms with Gasteiger partial charge >= 0.3 is 0 Å². The summed E-state index contributed by atoms with van der Waals surface area (Å²) in [5.41, 5.74) is 0.760. The third-order valence-electron chi connectivity index (χ3n) is 3.37. The Morgan fingerprint density at radius 1 is 1.43 bits per heavy atom. The minimum Gasteiger partial charge on any atom is -0.323 e. The van der Waals surface area contributed by atoms with Gasteiger partial charge in [0, 0.05) is 17.6 Å². The van der Waals surface area contributed by atoms with Crippen LogP contribution in [0.4, 0.5) is 5.69 Å². The number of nitrogens with zero attached hydrogens (tertiary/aromatic N) is 3. The molecule has 114 valence electrons. The molecule has 0 aliphatic carbocycles. The lowest BCUT2D eigenvalue weighted by atomic mass is 10.3. The number of nitrogens with one attached hydrogen (secondary N) is 1. The summed E-state index contributed by atoms with van der Waals surface area (Å²) in [5, 5.41) is 9.15. The van der Waals surface area contributed by atoms with Gasteiger partial charge in [0.1, 0.15) is 0 Å². The molecule has 0 saturated heterocycles. The van der Waals surface area contributed by atoms with Gasteiger partial charge in [0.05, 0.1) is 24.8 Å². The molecular formula is C15H22N4OS. The van der Waals surface area contributed by atoms with Crippen molar-refractivity contribution in [2.24, 2.45) is 0 Å². The summed E-state index contributed by atoms with van der Waals surface area (Å²) in [6, 6.07) is 3.93. The number of hydrogen-bond acceptors (Lipinski definition) is 4. The number of carbonyl (C=O) groups is 1. The summed E-state index contributed by atoms with van der Waals surface area (Å²) < 4.78 is 1.87. The molecular weight excluding hydrogens is 284 g/mol. The molecule has 2 rings (SSSR count). The number of rotatable bonds is 8. The van der Waals surface area contributed by atoms with Gasteiger partial charge in [-0.15, -0.1) is 11.3 Å². The van der Waals surface area contributed by atoms with Crippen LogP contribution >= 0.6 is 11.3 Å². The van der Waals surface area contributed by atoms with Gasteiger partial charge in [0.2, 0.25) is 5.91 Å². The highest BCUT2D eigenvalue weighted by molar-refractivity contribution is 7.10. The fourth-order valence-corrected chi connectivity index (χ4v) is 2.81. The fourth-order valence-electron chi connectivity index (χ4n) is 2.11. The van der Waals surface area contributed by atoms with Crippen LogP contribution in [-0.2, 0) is 17.8 Å². The van der Waals surface area contributed by atoms with Gasteiger partial charge in [0.25, 0.3) is 0 Å². The van der Waals surface area contributed by atoms with Crippen LogP contribution in [0, 0.1) is 0 Å². The van der Waals surface area contributed by atoms with Crippen LogP contribution in [0.2, 0.25) is 0 Å². The molecule has 21 heavy (non-hydrogen) atoms. The van der Waals surface area contributed by atoms with Crippen LogP contribution in [-0.4, -0.2) is 40.2 Å². The minimum atomic E-state index is 0.000688. The Morgan fingerprint density at radius 3 is 2.90 bits per heavy atom. The van der Waals surface area contributed by atoms with Crippen LogP contribution in [0.15, 0.2) is 29.9 Å². The summed E-state index contributed by atoms with van der Waals surface area (Å²) in [7, 11) is 0. The number of anilines is 1. The van der Waals surface area contributed by atoms with Gasteiger partial charge in [-0.05, 0) is 24.5 Å². The largest absolute Gasteiger partial charge is 0.323 e. The molecule has 0 aliphatic heterocycles. The third-order valence-corrected chi connectivity index (χ3v) is 4.25. The quantitative estimate of drug-likeness (QED) is 0.815. The maximum Gasteiger partial charge on any atom is 0.229 e. The van der Waals surface area contributed by atoms with Crippen molar-refractivity contribution in [2.75, 3.05) is 25.0 Å². The van der Waals surface area contributed by atoms with E-state index in [1.54, 1.807) is 17.5 Å². The summed E-state index contributed by atoms with van der Waals surface area (Å²) in [6.45, 7) is 8.20. The molecule has 1 N–H and O–H groups in total. The number of thiophene rings is 1. The molecule has 0 unspecified atom stereocenters. The average molecular weight is 306 g/mol. The van der Waals surface area contributed by atoms with E-state index in [-0.39, 0.29) is 5.91 Å². The minimum absolute atomic E-state index is 0.000688. The van der Waals surface area contributed by atoms with Crippen molar-refractivity contribution < 1.29 is 4.79 Å². The molecule has 0 fully saturated rings. The molecule has 0 radical (unpaired) electrons. The molecule has 0 aromatic carbocycles. The van der Waals surface area contributed by atoms with E-state index in [0.717, 1.165) is 36.7 Å². The van der Waals surface area contributed by atoms with Crippen molar-refractivity contribution >= 4 is 22.9 Å². The molecule has 0 spiro atoms. The topological polar surface area (TPSA) is 50.2 Å². The SMILES string of the molecule is CCN(CC)CCn1cc(NC(=O)Cc2cccs2)cn1. The lowest BCUT2D eigenvalue weighted by molar-refractivity contribution is -0.115. The van der Waals surface area contributed by atoms with Gasteiger partial charge in [0.15, 0.2) is 0 Å². The molecule has 6 heteroatoms. The van der Waals surface area contributed by atoms with Gasteiger partial charge in [-0.2, -0.15) is 5.10 Å². The molecule has 0 aliphatic rings. The van der Waals surface area contributed by atoms with E-state index in [2.05, 4.69) is 29.2 Å². The predicted molar refractivity (Wildman–Crippen MR) is 86.7 cm³/mol. The first-order valence-corrected chi connectivity index (χ1v) is 8.16. The van der Waals surface area contributed by atoms with Crippen LogP contribution in [0.5, 0.6) is 0 Å². The summed E-state index contributed by atoms with van der Waals surface area (Å²) in [4.78, 5) is 15.3. The van der Waals surface area contributed by atoms with E-state index >= 15 is 0 Å². The lowest BCUT2D eigenvalue weighted by Gasteiger charge is -2.17. The van der Waals surface area contributed by atoms with E-state index < -0.39 is 0 Å². The Labute approximate surface area is 129 Å². The Hall–Kier alpha value is -1.66. The molecule has 0 bridgehead atoms. The second-order valence-electron chi connectivity index (χ2n) is 4.82. The van der Waals surface area contributed by atoms with E-state index in [1.807, 2.05) is 28.4 Å². The number of amides is 1. The standard InChI is InChI=1S/C15H22N4OS/c1-3-18(4-2)7-8-19-12-13(11-16-19)17-15(20)10-14-6-5-9-21-14/h5-6,9,11-12H,3-4,7-8,10H2,1-2H3,(H,17,20). The maximum atomic E-state index is 11.9. The normalized spacial score (nSPS) is 11.0. The molecule has 5 nitrogen and oxygen atoms in total. The first kappa shape index (κ1) is 15.7. The second-order valence-corrected chi connectivity index (χ2v) is 5.86. The van der Waals surface area contributed by atoms with Gasteiger partial charge in [-0.1, -0.05) is 19.9 Å². The van der Waals surface area contributed by atoms with Crippen molar-refractivity contribution in [3.63, 3.8) is 0 Å². The molecule has 0 atom stereocenters. The van der Waals surface area contributed by atoms with Crippen molar-refractivity contribution in [3.05, 3.63) is 34.8 Å². The van der Waals surface area contributed by atoms with E-state index in [9.17, 15) is 4.79 Å². The Morgan fingerprint density at radius 2 is 2.24 bits per heavy atom. The van der Waals surface area contributed by atoms with Gasteiger partial charge in [-0.3, -0.25) is 9.48 Å². The van der Waals surface area contributed by atoms with E-state index in [0.29, 0.717) is 6.42 Å². The summed E-state index contributed by atoms with van der Waals surface area (Å²) in [6.07, 6.45) is 4.01. The monoisotopic (exact) mass is 306 g/mol. The number of aromatic nitrogens is 2. The number of hydrogen-bond donors (Lipinski definition) is 1. The Bertz CT molecular complexity index is 546. The smallest absolute Gasteiger partial charge is 0.229 e. The van der Waals surface area contributed by atoms with Crippen LogP contribution in [0.1, 0.15) is 18.7 Å². The van der Waals surface area contributed by atoms with Gasteiger partial charge in [-0.25, -0.2) is 0 Å². The number of carbonyl (C=O) groups excluding carboxylic acids is 1. The zero-order valence-corrected chi connectivity index (χ0v) is 13.4. The van der Waals surface area contributed by atoms with E-state index in [1.165, 1.54) is 0 Å². The Kier molecular flexibility index (Phi) is 5.95. The molecule has 2 aromatic rings. The highest BCUT2D eigenvalue weighted by Gasteiger charge is 2.07. The fraction of sp³-hybridized carbons (Fsp3) is 0.467. The third kappa shape index (κ3) is 4.99. The van der Waals surface area contributed by atoms with Crippen LogP contribution < -0.4 is 5.32 Å². The average Bonchev–Trinajstić information content (AvgIpc) is 3.12. The Balaban J connectivity index is 1.81. The van der Waals surface area contributed by atoms with E-state index in [4.69, 9.17) is 0 Å². The summed E-state index contributed by atoms with van der Waals surface area (Å²) in [5.74, 6) is 0.000688. The zero-order valence-electron chi connectivity index (χ0n) is 12.6. The van der Waals surface area contributed by atoms with Crippen molar-refractivity contribution in [2.45, 2.75) is 26.8 Å². The van der Waals surface area contributed by atoms with Crippen molar-refractivity contribution in [1.82, 2.24) is 14.7 Å². The van der Waals surface area contributed by atoms with Crippen LogP contribution in [0.3, 0.4) is 0 Å². The molecule has 2 heterocycles. The predicted octanol–water partition coefficient (Wildman–Crippen LogP) is 2.47. The lowest BCUT2D eigenvalue weighted by Crippen LogP contribution is -2.27. The van der Waals surface area contributed by atoms with Crippen molar-refractivity contribution in [1.29, 1.82) is 0 Å². The molecule has 0 saturated carbocycles. The van der Waals surface area contributed by atoms with Crippen molar-refractivity contribution in [3.8, 4) is 0 Å². The second kappa shape index (κ2) is 7.95. The highest BCUT2D eigenvalue weighted by atomic mass is 32.1. The first-order valence-electron chi connectivity index (χ1n) is 7.28. The highest BCUT2D eigenvalue weighted by Crippen LogP contribution is 2.11.